The third-order valence-corrected chi connectivity index (χ3v) is 5.06. The highest BCUT2D eigenvalue weighted by molar-refractivity contribution is 5.92. The number of hydrogen-bond acceptors (Lipinski definition) is 2. The fraction of sp³-hybridized carbons (Fsp3) is 0.875. The molecule has 0 bridgehead atoms. The fourth-order valence-corrected chi connectivity index (χ4v) is 3.66. The lowest BCUT2D eigenvalue weighted by atomic mass is 9.95. The molecule has 2 atom stereocenters. The van der Waals surface area contributed by atoms with Gasteiger partial charge in [-0.3, -0.25) is 9.59 Å². The molecule has 4 nitrogen and oxygen atoms in total. The van der Waals surface area contributed by atoms with Crippen LogP contribution in [0.25, 0.3) is 0 Å². The van der Waals surface area contributed by atoms with E-state index in [1.165, 1.54) is 25.7 Å². The van der Waals surface area contributed by atoms with Gasteiger partial charge in [0.25, 0.3) is 0 Å². The first kappa shape index (κ1) is 13.9. The highest BCUT2D eigenvalue weighted by Gasteiger charge is 2.49. The van der Waals surface area contributed by atoms with Gasteiger partial charge in [0.15, 0.2) is 0 Å². The Morgan fingerprint density at radius 3 is 2.20 bits per heavy atom. The van der Waals surface area contributed by atoms with Crippen LogP contribution in [0.5, 0.6) is 0 Å². The van der Waals surface area contributed by atoms with E-state index >= 15 is 0 Å². The second-order valence-corrected chi connectivity index (χ2v) is 6.68. The van der Waals surface area contributed by atoms with Crippen molar-refractivity contribution in [3.05, 3.63) is 0 Å². The van der Waals surface area contributed by atoms with Crippen LogP contribution in [0.4, 0.5) is 0 Å². The molecule has 1 heterocycles. The first-order chi connectivity index (χ1) is 9.75. The van der Waals surface area contributed by atoms with Crippen LogP contribution in [0, 0.1) is 11.8 Å². The zero-order chi connectivity index (χ0) is 13.9. The molecule has 2 unspecified atom stereocenters. The summed E-state index contributed by atoms with van der Waals surface area (Å²) in [6.45, 7) is 1.79. The molecule has 1 N–H and O–H groups in total. The smallest absolute Gasteiger partial charge is 0.226 e. The number of rotatable bonds is 3. The van der Waals surface area contributed by atoms with Crippen molar-refractivity contribution in [1.29, 1.82) is 0 Å². The van der Waals surface area contributed by atoms with Gasteiger partial charge in [0.1, 0.15) is 0 Å². The van der Waals surface area contributed by atoms with Gasteiger partial charge in [-0.1, -0.05) is 19.3 Å². The van der Waals surface area contributed by atoms with E-state index < -0.39 is 0 Å². The average molecular weight is 278 g/mol. The Balaban J connectivity index is 1.45. The highest BCUT2D eigenvalue weighted by atomic mass is 16.2. The number of nitrogens with one attached hydrogen (secondary N) is 1. The molecule has 2 aliphatic carbocycles. The van der Waals surface area contributed by atoms with E-state index in [1.54, 1.807) is 0 Å². The number of hydrogen-bond donors (Lipinski definition) is 1. The van der Waals surface area contributed by atoms with Crippen molar-refractivity contribution in [3.8, 4) is 0 Å². The normalized spacial score (nSPS) is 30.9. The predicted octanol–water partition coefficient (Wildman–Crippen LogP) is 2.08. The molecule has 0 aromatic rings. The predicted molar refractivity (Wildman–Crippen MR) is 77.0 cm³/mol. The second-order valence-electron chi connectivity index (χ2n) is 6.68. The Morgan fingerprint density at radius 1 is 0.850 bits per heavy atom. The molecule has 1 aliphatic heterocycles. The molecular formula is C16H26N2O2. The third kappa shape index (κ3) is 3.15. The van der Waals surface area contributed by atoms with Crippen LogP contribution in [-0.2, 0) is 9.59 Å². The molecule has 20 heavy (non-hydrogen) atoms. The highest BCUT2D eigenvalue weighted by Crippen LogP contribution is 2.40. The van der Waals surface area contributed by atoms with Gasteiger partial charge in [0.05, 0.1) is 11.8 Å². The molecule has 0 radical (unpaired) electrons. The van der Waals surface area contributed by atoms with E-state index in [1.807, 2.05) is 4.90 Å². The van der Waals surface area contributed by atoms with E-state index in [0.29, 0.717) is 6.04 Å². The van der Waals surface area contributed by atoms with Gasteiger partial charge in [0, 0.05) is 19.1 Å². The molecule has 2 saturated carbocycles. The topological polar surface area (TPSA) is 49.4 Å². The minimum Gasteiger partial charge on any atom is -0.353 e. The maximum Gasteiger partial charge on any atom is 0.226 e. The summed E-state index contributed by atoms with van der Waals surface area (Å²) in [5.74, 6) is 0.309. The summed E-state index contributed by atoms with van der Waals surface area (Å²) in [6.07, 6.45) is 10.2. The van der Waals surface area contributed by atoms with Crippen LogP contribution in [0.1, 0.15) is 57.8 Å². The molecular weight excluding hydrogens is 252 g/mol. The van der Waals surface area contributed by atoms with Crippen molar-refractivity contribution in [2.45, 2.75) is 63.8 Å². The quantitative estimate of drug-likeness (QED) is 0.859. The van der Waals surface area contributed by atoms with Gasteiger partial charge < -0.3 is 10.2 Å². The van der Waals surface area contributed by atoms with Gasteiger partial charge >= 0.3 is 0 Å². The van der Waals surface area contributed by atoms with Crippen LogP contribution in [0.15, 0.2) is 0 Å². The van der Waals surface area contributed by atoms with E-state index in [0.717, 1.165) is 45.2 Å². The van der Waals surface area contributed by atoms with E-state index in [9.17, 15) is 9.59 Å². The number of carbonyl (C=O) groups is 2. The van der Waals surface area contributed by atoms with Gasteiger partial charge in [-0.2, -0.15) is 0 Å². The maximum absolute atomic E-state index is 12.3. The molecule has 2 amide bonds. The first-order valence-electron chi connectivity index (χ1n) is 8.35. The molecule has 3 rings (SSSR count). The zero-order valence-electron chi connectivity index (χ0n) is 12.3. The fourth-order valence-electron chi connectivity index (χ4n) is 3.66. The molecule has 0 aromatic heterocycles. The van der Waals surface area contributed by atoms with E-state index in [2.05, 4.69) is 5.32 Å². The van der Waals surface area contributed by atoms with Crippen LogP contribution < -0.4 is 5.32 Å². The monoisotopic (exact) mass is 278 g/mol. The SMILES string of the molecule is O=C(NC1CCCCC1)C1CC1C(=O)N1CCCCC1. The summed E-state index contributed by atoms with van der Waals surface area (Å²) in [5, 5.41) is 3.16. The van der Waals surface area contributed by atoms with Crippen molar-refractivity contribution >= 4 is 11.8 Å². The zero-order valence-corrected chi connectivity index (χ0v) is 12.3. The lowest BCUT2D eigenvalue weighted by Gasteiger charge is -2.27. The maximum atomic E-state index is 12.3. The van der Waals surface area contributed by atoms with Crippen LogP contribution >= 0.6 is 0 Å². The van der Waals surface area contributed by atoms with Crippen molar-refractivity contribution < 1.29 is 9.59 Å². The largest absolute Gasteiger partial charge is 0.353 e. The first-order valence-corrected chi connectivity index (χ1v) is 8.35. The summed E-state index contributed by atoms with van der Waals surface area (Å²) < 4.78 is 0. The Morgan fingerprint density at radius 2 is 1.50 bits per heavy atom. The number of likely N-dealkylation sites (tertiary alicyclic amines) is 1. The van der Waals surface area contributed by atoms with Crippen LogP contribution in [0.2, 0.25) is 0 Å². The third-order valence-electron chi connectivity index (χ3n) is 5.06. The average Bonchev–Trinajstić information content (AvgIpc) is 3.29. The molecule has 1 saturated heterocycles. The van der Waals surface area contributed by atoms with Crippen molar-refractivity contribution in [1.82, 2.24) is 10.2 Å². The molecule has 0 spiro atoms. The minimum atomic E-state index is -0.0358. The van der Waals surface area contributed by atoms with E-state index in [-0.39, 0.29) is 23.7 Å². The minimum absolute atomic E-state index is 0.0170. The molecule has 3 fully saturated rings. The number of carbonyl (C=O) groups excluding carboxylic acids is 2. The Kier molecular flexibility index (Phi) is 4.27. The lowest BCUT2D eigenvalue weighted by molar-refractivity contribution is -0.135. The summed E-state index contributed by atoms with van der Waals surface area (Å²) in [7, 11) is 0. The molecule has 4 heteroatoms. The number of amides is 2. The van der Waals surface area contributed by atoms with Gasteiger partial charge in [-0.25, -0.2) is 0 Å². The van der Waals surface area contributed by atoms with Crippen LogP contribution in [-0.4, -0.2) is 35.8 Å². The standard InChI is InChI=1S/C16H26N2O2/c19-15(17-12-7-3-1-4-8-12)13-11-14(13)16(20)18-9-5-2-6-10-18/h12-14H,1-11H2,(H,17,19). The van der Waals surface area contributed by atoms with Crippen LogP contribution in [0.3, 0.4) is 0 Å². The van der Waals surface area contributed by atoms with Gasteiger partial charge in [-0.15, -0.1) is 0 Å². The number of piperidine rings is 1. The summed E-state index contributed by atoms with van der Waals surface area (Å²) in [6, 6.07) is 0.364. The van der Waals surface area contributed by atoms with Crippen molar-refractivity contribution in [3.63, 3.8) is 0 Å². The van der Waals surface area contributed by atoms with Gasteiger partial charge in [-0.05, 0) is 38.5 Å². The molecule has 3 aliphatic rings. The van der Waals surface area contributed by atoms with Gasteiger partial charge in [0.2, 0.25) is 11.8 Å². The Hall–Kier alpha value is -1.06. The summed E-state index contributed by atoms with van der Waals surface area (Å²) in [4.78, 5) is 26.5. The van der Waals surface area contributed by atoms with Crippen molar-refractivity contribution in [2.24, 2.45) is 11.8 Å². The Labute approximate surface area is 121 Å². The number of nitrogens with zero attached hydrogens (tertiary/aromatic N) is 1. The molecule has 0 aromatic carbocycles. The second kappa shape index (κ2) is 6.15. The lowest BCUT2D eigenvalue weighted by Crippen LogP contribution is -2.40. The van der Waals surface area contributed by atoms with E-state index in [4.69, 9.17) is 0 Å². The molecule has 112 valence electrons. The van der Waals surface area contributed by atoms with Crippen molar-refractivity contribution in [2.75, 3.05) is 13.1 Å². The Bertz CT molecular complexity index is 371. The summed E-state index contributed by atoms with van der Waals surface area (Å²) in [5.41, 5.74) is 0. The summed E-state index contributed by atoms with van der Waals surface area (Å²) >= 11 is 0.